The first-order valence-electron chi connectivity index (χ1n) is 5.47. The molecule has 0 N–H and O–H groups in total. The van der Waals surface area contributed by atoms with E-state index in [9.17, 15) is 0 Å². The first kappa shape index (κ1) is 11.3. The van der Waals surface area contributed by atoms with Crippen LogP contribution in [0.3, 0.4) is 0 Å². The predicted molar refractivity (Wildman–Crippen MR) is 67.4 cm³/mol. The van der Waals surface area contributed by atoms with Crippen molar-refractivity contribution in [1.82, 2.24) is 5.16 Å². The number of rotatable bonds is 5. The lowest BCUT2D eigenvalue weighted by atomic mass is 10.1. The van der Waals surface area contributed by atoms with E-state index in [4.69, 9.17) is 9.26 Å². The summed E-state index contributed by atoms with van der Waals surface area (Å²) in [5, 5.41) is 5.04. The fourth-order valence-electron chi connectivity index (χ4n) is 1.63. The smallest absolute Gasteiger partial charge is 0.170 e. The Balaban J connectivity index is 2.41. The molecule has 0 aliphatic carbocycles. The first-order valence-corrected chi connectivity index (χ1v) is 6.11. The predicted octanol–water partition coefficient (Wildman–Crippen LogP) is 3.09. The average molecular weight is 237 g/mol. The van der Waals surface area contributed by atoms with Gasteiger partial charge in [-0.1, -0.05) is 18.1 Å². The van der Waals surface area contributed by atoms with E-state index in [1.54, 1.807) is 0 Å². The van der Waals surface area contributed by atoms with Crippen molar-refractivity contribution in [3.8, 4) is 5.75 Å². The Morgan fingerprint density at radius 2 is 2.31 bits per heavy atom. The zero-order valence-electron chi connectivity index (χ0n) is 9.27. The zero-order chi connectivity index (χ0) is 11.4. The molecule has 0 fully saturated rings. The highest BCUT2D eigenvalue weighted by atomic mass is 32.1. The number of hydrogen-bond donors (Lipinski definition) is 1. The lowest BCUT2D eigenvalue weighted by Gasteiger charge is -2.05. The van der Waals surface area contributed by atoms with Crippen LogP contribution in [0.1, 0.15) is 19.0 Å². The minimum Gasteiger partial charge on any atom is -0.493 e. The molecule has 1 aromatic heterocycles. The number of benzene rings is 1. The van der Waals surface area contributed by atoms with Gasteiger partial charge in [0, 0.05) is 6.42 Å². The number of hydrogen-bond acceptors (Lipinski definition) is 4. The molecule has 3 nitrogen and oxygen atoms in total. The van der Waals surface area contributed by atoms with E-state index >= 15 is 0 Å². The van der Waals surface area contributed by atoms with Gasteiger partial charge in [-0.25, -0.2) is 0 Å². The van der Waals surface area contributed by atoms with Gasteiger partial charge >= 0.3 is 0 Å². The van der Waals surface area contributed by atoms with Crippen molar-refractivity contribution in [2.75, 3.05) is 12.4 Å². The lowest BCUT2D eigenvalue weighted by Crippen LogP contribution is -1.96. The maximum Gasteiger partial charge on any atom is 0.170 e. The molecule has 1 heterocycles. The summed E-state index contributed by atoms with van der Waals surface area (Å²) in [6, 6.07) is 5.78. The third-order valence-corrected chi connectivity index (χ3v) is 2.56. The maximum atomic E-state index is 5.69. The molecule has 86 valence electrons. The van der Waals surface area contributed by atoms with Gasteiger partial charge in [-0.2, -0.15) is 12.6 Å². The number of ether oxygens (including phenoxy) is 1. The Bertz CT molecular complexity index is 467. The summed E-state index contributed by atoms with van der Waals surface area (Å²) < 4.78 is 10.9. The van der Waals surface area contributed by atoms with Gasteiger partial charge in [0.2, 0.25) is 0 Å². The summed E-state index contributed by atoms with van der Waals surface area (Å²) in [5.74, 6) is 1.61. The molecule has 0 amide bonds. The summed E-state index contributed by atoms with van der Waals surface area (Å²) in [5.41, 5.74) is 1.71. The Labute approximate surface area is 100 Å². The van der Waals surface area contributed by atoms with Crippen LogP contribution in [0, 0.1) is 0 Å². The summed E-state index contributed by atoms with van der Waals surface area (Å²) >= 11 is 4.21. The maximum absolute atomic E-state index is 5.69. The third kappa shape index (κ3) is 2.16. The Kier molecular flexibility index (Phi) is 3.72. The molecule has 16 heavy (non-hydrogen) atoms. The molecule has 0 unspecified atom stereocenters. The molecule has 0 bridgehead atoms. The molecule has 0 saturated heterocycles. The van der Waals surface area contributed by atoms with Gasteiger partial charge in [-0.3, -0.25) is 0 Å². The third-order valence-electron chi connectivity index (χ3n) is 2.34. The van der Waals surface area contributed by atoms with E-state index in [2.05, 4.69) is 24.7 Å². The molecule has 0 aliphatic rings. The number of aryl methyl sites for hydroxylation is 1. The van der Waals surface area contributed by atoms with Crippen molar-refractivity contribution in [2.24, 2.45) is 0 Å². The van der Waals surface area contributed by atoms with Crippen LogP contribution in [0.4, 0.5) is 0 Å². The van der Waals surface area contributed by atoms with Gasteiger partial charge in [0.15, 0.2) is 5.58 Å². The molecule has 1 aromatic carbocycles. The van der Waals surface area contributed by atoms with Crippen LogP contribution < -0.4 is 4.74 Å². The molecule has 0 aliphatic heterocycles. The van der Waals surface area contributed by atoms with Gasteiger partial charge in [-0.05, 0) is 24.3 Å². The van der Waals surface area contributed by atoms with E-state index in [1.807, 2.05) is 18.2 Å². The van der Waals surface area contributed by atoms with Crippen LogP contribution in [0.15, 0.2) is 22.7 Å². The van der Waals surface area contributed by atoms with Crippen molar-refractivity contribution in [3.05, 3.63) is 23.9 Å². The second-order valence-corrected chi connectivity index (χ2v) is 4.03. The monoisotopic (exact) mass is 237 g/mol. The topological polar surface area (TPSA) is 35.3 Å². The van der Waals surface area contributed by atoms with Crippen LogP contribution in [-0.2, 0) is 6.42 Å². The highest BCUT2D eigenvalue weighted by Crippen LogP contribution is 2.29. The lowest BCUT2D eigenvalue weighted by molar-refractivity contribution is 0.321. The van der Waals surface area contributed by atoms with Crippen LogP contribution >= 0.6 is 12.6 Å². The van der Waals surface area contributed by atoms with E-state index in [1.165, 1.54) is 0 Å². The van der Waals surface area contributed by atoms with E-state index in [0.29, 0.717) is 6.61 Å². The van der Waals surface area contributed by atoms with Crippen LogP contribution in [-0.4, -0.2) is 17.5 Å². The normalized spacial score (nSPS) is 10.9. The van der Waals surface area contributed by atoms with E-state index < -0.39 is 0 Å². The van der Waals surface area contributed by atoms with Crippen LogP contribution in [0.5, 0.6) is 5.75 Å². The second-order valence-electron chi connectivity index (χ2n) is 3.58. The fourth-order valence-corrected chi connectivity index (χ4v) is 1.84. The van der Waals surface area contributed by atoms with E-state index in [0.717, 1.165) is 41.0 Å². The van der Waals surface area contributed by atoms with E-state index in [-0.39, 0.29) is 0 Å². The molecule has 0 spiro atoms. The zero-order valence-corrected chi connectivity index (χ0v) is 10.2. The average Bonchev–Trinajstić information content (AvgIpc) is 2.71. The first-order chi connectivity index (χ1) is 7.86. The highest BCUT2D eigenvalue weighted by Gasteiger charge is 2.12. The Morgan fingerprint density at radius 3 is 3.06 bits per heavy atom. The summed E-state index contributed by atoms with van der Waals surface area (Å²) in [4.78, 5) is 0. The molecule has 2 rings (SSSR count). The minimum absolute atomic E-state index is 0.713. The minimum atomic E-state index is 0.713. The van der Waals surface area contributed by atoms with Crippen molar-refractivity contribution < 1.29 is 9.26 Å². The molecule has 4 heteroatoms. The highest BCUT2D eigenvalue weighted by molar-refractivity contribution is 7.80. The standard InChI is InChI=1S/C12H15NO2S/c1-2-7-14-10-4-3-5-11-12(10)9(6-8-16)13-15-11/h3-5,16H,2,6-8H2,1H3. The van der Waals surface area contributed by atoms with Gasteiger partial charge in [0.25, 0.3) is 0 Å². The number of thiol groups is 1. The Morgan fingerprint density at radius 1 is 1.44 bits per heavy atom. The summed E-state index contributed by atoms with van der Waals surface area (Å²) in [6.45, 7) is 2.80. The van der Waals surface area contributed by atoms with Crippen molar-refractivity contribution in [1.29, 1.82) is 0 Å². The summed E-state index contributed by atoms with van der Waals surface area (Å²) in [6.07, 6.45) is 1.78. The Hall–Kier alpha value is -1.16. The van der Waals surface area contributed by atoms with Gasteiger partial charge in [-0.15, -0.1) is 0 Å². The quantitative estimate of drug-likeness (QED) is 0.812. The largest absolute Gasteiger partial charge is 0.493 e. The van der Waals surface area contributed by atoms with Crippen molar-refractivity contribution in [2.45, 2.75) is 19.8 Å². The van der Waals surface area contributed by atoms with Crippen molar-refractivity contribution in [3.63, 3.8) is 0 Å². The van der Waals surface area contributed by atoms with Crippen molar-refractivity contribution >= 4 is 23.6 Å². The molecule has 0 saturated carbocycles. The number of aromatic nitrogens is 1. The molecular formula is C12H15NO2S. The molecular weight excluding hydrogens is 222 g/mol. The molecule has 0 atom stereocenters. The summed E-state index contributed by atoms with van der Waals surface area (Å²) in [7, 11) is 0. The van der Waals surface area contributed by atoms with Gasteiger partial charge in [0.1, 0.15) is 5.75 Å². The molecule has 0 radical (unpaired) electrons. The SMILES string of the molecule is CCCOc1cccc2onc(CCS)c12. The van der Waals surface area contributed by atoms with Crippen LogP contribution in [0.2, 0.25) is 0 Å². The molecule has 2 aromatic rings. The van der Waals surface area contributed by atoms with Crippen LogP contribution in [0.25, 0.3) is 11.0 Å². The second kappa shape index (κ2) is 5.25. The number of fused-ring (bicyclic) bond motifs is 1. The van der Waals surface area contributed by atoms with Gasteiger partial charge < -0.3 is 9.26 Å². The van der Waals surface area contributed by atoms with Gasteiger partial charge in [0.05, 0.1) is 17.7 Å². The number of nitrogens with zero attached hydrogens (tertiary/aromatic N) is 1. The fraction of sp³-hybridized carbons (Fsp3) is 0.417.